The van der Waals surface area contributed by atoms with E-state index in [2.05, 4.69) is 0 Å². The number of rotatable bonds is 1. The molecule has 1 rings (SSSR count). The van der Waals surface area contributed by atoms with E-state index in [1.54, 1.807) is 4.90 Å². The van der Waals surface area contributed by atoms with E-state index in [-0.39, 0.29) is 12.0 Å². The Hall–Kier alpha value is -1.26. The molecule has 1 aliphatic heterocycles. The predicted molar refractivity (Wildman–Crippen MR) is 69.3 cm³/mol. The number of carbonyl (C=O) groups excluding carboxylic acids is 2. The second-order valence-corrected chi connectivity index (χ2v) is 5.56. The van der Waals surface area contributed by atoms with Gasteiger partial charge < -0.3 is 14.5 Å². The molecule has 104 valence electrons. The first-order valence-electron chi connectivity index (χ1n) is 6.59. The molecule has 1 aliphatic rings. The highest BCUT2D eigenvalue weighted by Crippen LogP contribution is 2.12. The molecule has 1 heterocycles. The normalized spacial score (nSPS) is 17.3. The molecular formula is C13H24N2O3. The second kappa shape index (κ2) is 6.07. The lowest BCUT2D eigenvalue weighted by atomic mass is 10.2. The van der Waals surface area contributed by atoms with Crippen LogP contribution in [0.25, 0.3) is 0 Å². The van der Waals surface area contributed by atoms with E-state index >= 15 is 0 Å². The number of amides is 2. The molecule has 0 aromatic rings. The number of carbonyl (C=O) groups is 2. The Morgan fingerprint density at radius 1 is 1.06 bits per heavy atom. The van der Waals surface area contributed by atoms with Gasteiger partial charge in [-0.2, -0.15) is 0 Å². The van der Waals surface area contributed by atoms with E-state index in [4.69, 9.17) is 4.74 Å². The van der Waals surface area contributed by atoms with Crippen molar-refractivity contribution in [3.05, 3.63) is 0 Å². The van der Waals surface area contributed by atoms with Gasteiger partial charge in [-0.25, -0.2) is 4.79 Å². The SMILES string of the molecule is CCC(=O)N1CCCN(C(=O)OC(C)(C)C)CC1. The molecule has 0 aromatic carbocycles. The van der Waals surface area contributed by atoms with Crippen molar-refractivity contribution in [2.24, 2.45) is 0 Å². The Balaban J connectivity index is 2.51. The quantitative estimate of drug-likeness (QED) is 0.719. The minimum atomic E-state index is -0.470. The summed E-state index contributed by atoms with van der Waals surface area (Å²) in [4.78, 5) is 27.0. The van der Waals surface area contributed by atoms with E-state index in [0.29, 0.717) is 26.1 Å². The zero-order chi connectivity index (χ0) is 13.8. The molecule has 0 spiro atoms. The van der Waals surface area contributed by atoms with Gasteiger partial charge in [0, 0.05) is 32.6 Å². The Morgan fingerprint density at radius 2 is 1.61 bits per heavy atom. The lowest BCUT2D eigenvalue weighted by molar-refractivity contribution is -0.130. The van der Waals surface area contributed by atoms with E-state index in [1.807, 2.05) is 32.6 Å². The fourth-order valence-electron chi connectivity index (χ4n) is 1.90. The van der Waals surface area contributed by atoms with Crippen molar-refractivity contribution in [3.63, 3.8) is 0 Å². The standard InChI is InChI=1S/C13H24N2O3/c1-5-11(16)14-7-6-8-15(10-9-14)12(17)18-13(2,3)4/h5-10H2,1-4H3. The average Bonchev–Trinajstić information content (AvgIpc) is 2.51. The smallest absolute Gasteiger partial charge is 0.410 e. The molecule has 18 heavy (non-hydrogen) atoms. The van der Waals surface area contributed by atoms with Gasteiger partial charge in [0.05, 0.1) is 0 Å². The van der Waals surface area contributed by atoms with Crippen LogP contribution in [-0.2, 0) is 9.53 Å². The van der Waals surface area contributed by atoms with Gasteiger partial charge in [0.1, 0.15) is 5.60 Å². The highest BCUT2D eigenvalue weighted by atomic mass is 16.6. The van der Waals surface area contributed by atoms with Gasteiger partial charge in [-0.3, -0.25) is 4.79 Å². The lowest BCUT2D eigenvalue weighted by Crippen LogP contribution is -2.40. The zero-order valence-electron chi connectivity index (χ0n) is 11.9. The monoisotopic (exact) mass is 256 g/mol. The van der Waals surface area contributed by atoms with Gasteiger partial charge in [0.2, 0.25) is 5.91 Å². The Bertz CT molecular complexity index is 310. The largest absolute Gasteiger partial charge is 0.444 e. The van der Waals surface area contributed by atoms with Crippen LogP contribution in [0.4, 0.5) is 4.79 Å². The summed E-state index contributed by atoms with van der Waals surface area (Å²) in [7, 11) is 0. The Kier molecular flexibility index (Phi) is 4.99. The molecule has 0 saturated carbocycles. The summed E-state index contributed by atoms with van der Waals surface area (Å²) in [5.74, 6) is 0.154. The molecule has 2 amide bonds. The van der Waals surface area contributed by atoms with Crippen LogP contribution in [0.1, 0.15) is 40.5 Å². The molecule has 0 atom stereocenters. The molecule has 0 unspecified atom stereocenters. The third-order valence-corrected chi connectivity index (χ3v) is 2.80. The minimum Gasteiger partial charge on any atom is -0.444 e. The van der Waals surface area contributed by atoms with Crippen LogP contribution < -0.4 is 0 Å². The van der Waals surface area contributed by atoms with Gasteiger partial charge in [0.15, 0.2) is 0 Å². The van der Waals surface area contributed by atoms with E-state index in [9.17, 15) is 9.59 Å². The van der Waals surface area contributed by atoms with Crippen LogP contribution in [0.5, 0.6) is 0 Å². The van der Waals surface area contributed by atoms with Crippen molar-refractivity contribution in [1.29, 1.82) is 0 Å². The number of hydrogen-bond donors (Lipinski definition) is 0. The van der Waals surface area contributed by atoms with Crippen molar-refractivity contribution >= 4 is 12.0 Å². The Labute approximate surface area is 109 Å². The van der Waals surface area contributed by atoms with E-state index in [0.717, 1.165) is 13.0 Å². The number of ether oxygens (including phenoxy) is 1. The molecule has 0 bridgehead atoms. The summed E-state index contributed by atoms with van der Waals surface area (Å²) < 4.78 is 5.34. The molecule has 5 nitrogen and oxygen atoms in total. The van der Waals surface area contributed by atoms with Gasteiger partial charge >= 0.3 is 6.09 Å². The molecule has 0 aromatic heterocycles. The number of hydrogen-bond acceptors (Lipinski definition) is 3. The summed E-state index contributed by atoms with van der Waals surface area (Å²) in [5, 5.41) is 0. The maximum Gasteiger partial charge on any atom is 0.410 e. The van der Waals surface area contributed by atoms with Crippen LogP contribution in [0.2, 0.25) is 0 Å². The van der Waals surface area contributed by atoms with Crippen molar-refractivity contribution in [3.8, 4) is 0 Å². The highest BCUT2D eigenvalue weighted by molar-refractivity contribution is 5.76. The topological polar surface area (TPSA) is 49.9 Å². The summed E-state index contributed by atoms with van der Waals surface area (Å²) in [5.41, 5.74) is -0.470. The van der Waals surface area contributed by atoms with Crippen LogP contribution in [0.15, 0.2) is 0 Å². The van der Waals surface area contributed by atoms with Crippen LogP contribution in [-0.4, -0.2) is 53.6 Å². The maximum atomic E-state index is 11.9. The van der Waals surface area contributed by atoms with Crippen molar-refractivity contribution in [1.82, 2.24) is 9.80 Å². The van der Waals surface area contributed by atoms with Gasteiger partial charge in [-0.1, -0.05) is 6.92 Å². The Morgan fingerprint density at radius 3 is 2.17 bits per heavy atom. The lowest BCUT2D eigenvalue weighted by Gasteiger charge is -2.26. The molecule has 1 fully saturated rings. The molecule has 0 aliphatic carbocycles. The van der Waals surface area contributed by atoms with E-state index in [1.165, 1.54) is 0 Å². The molecule has 0 N–H and O–H groups in total. The summed E-state index contributed by atoms with van der Waals surface area (Å²) in [6.07, 6.45) is 1.05. The average molecular weight is 256 g/mol. The fourth-order valence-corrected chi connectivity index (χ4v) is 1.90. The van der Waals surface area contributed by atoms with Crippen LogP contribution >= 0.6 is 0 Å². The van der Waals surface area contributed by atoms with Gasteiger partial charge in [-0.15, -0.1) is 0 Å². The molecule has 1 saturated heterocycles. The minimum absolute atomic E-state index is 0.154. The van der Waals surface area contributed by atoms with Crippen LogP contribution in [0.3, 0.4) is 0 Å². The predicted octanol–water partition coefficient (Wildman–Crippen LogP) is 1.87. The zero-order valence-corrected chi connectivity index (χ0v) is 11.9. The van der Waals surface area contributed by atoms with E-state index < -0.39 is 5.60 Å². The first kappa shape index (κ1) is 14.8. The first-order chi connectivity index (χ1) is 8.33. The second-order valence-electron chi connectivity index (χ2n) is 5.56. The summed E-state index contributed by atoms with van der Waals surface area (Å²) >= 11 is 0. The molecular weight excluding hydrogens is 232 g/mol. The highest BCUT2D eigenvalue weighted by Gasteiger charge is 2.25. The third-order valence-electron chi connectivity index (χ3n) is 2.80. The van der Waals surface area contributed by atoms with Crippen LogP contribution in [0, 0.1) is 0 Å². The molecule has 5 heteroatoms. The van der Waals surface area contributed by atoms with Crippen molar-refractivity contribution < 1.29 is 14.3 Å². The molecule has 0 radical (unpaired) electrons. The third kappa shape index (κ3) is 4.55. The van der Waals surface area contributed by atoms with Gasteiger partial charge in [0.25, 0.3) is 0 Å². The summed E-state index contributed by atoms with van der Waals surface area (Å²) in [6, 6.07) is 0. The number of nitrogens with zero attached hydrogens (tertiary/aromatic N) is 2. The fraction of sp³-hybridized carbons (Fsp3) is 0.846. The summed E-state index contributed by atoms with van der Waals surface area (Å²) in [6.45, 7) is 9.97. The maximum absolute atomic E-state index is 11.9. The van der Waals surface area contributed by atoms with Crippen molar-refractivity contribution in [2.45, 2.75) is 46.1 Å². The van der Waals surface area contributed by atoms with Gasteiger partial charge in [-0.05, 0) is 27.2 Å². The first-order valence-corrected chi connectivity index (χ1v) is 6.59. The van der Waals surface area contributed by atoms with Crippen molar-refractivity contribution in [2.75, 3.05) is 26.2 Å².